The van der Waals surface area contributed by atoms with Gasteiger partial charge in [0.05, 0.1) is 10.7 Å². The predicted octanol–water partition coefficient (Wildman–Crippen LogP) is 2.52. The summed E-state index contributed by atoms with van der Waals surface area (Å²) in [5.41, 5.74) is 0.476. The van der Waals surface area contributed by atoms with E-state index in [-0.39, 0.29) is 27.1 Å². The van der Waals surface area contributed by atoms with Gasteiger partial charge in [0.2, 0.25) is 0 Å². The first-order chi connectivity index (χ1) is 10.4. The Hall–Kier alpha value is -1.93. The Bertz CT molecular complexity index is 812. The number of ether oxygens (including phenoxy) is 2. The van der Waals surface area contributed by atoms with Crippen molar-refractivity contribution in [3.8, 4) is 11.5 Å². The molecule has 7 nitrogen and oxygen atoms in total. The summed E-state index contributed by atoms with van der Waals surface area (Å²) in [6.45, 7) is 3.90. The van der Waals surface area contributed by atoms with Gasteiger partial charge in [0.25, 0.3) is 10.0 Å². The summed E-state index contributed by atoms with van der Waals surface area (Å²) >= 11 is 6.11. The van der Waals surface area contributed by atoms with E-state index in [4.69, 9.17) is 25.6 Å². The number of fused-ring (bicyclic) bond motifs is 1. The highest BCUT2D eigenvalue weighted by atomic mass is 35.5. The van der Waals surface area contributed by atoms with Crippen LogP contribution in [0, 0.1) is 13.8 Å². The minimum absolute atomic E-state index is 0.00143. The molecule has 1 aliphatic heterocycles. The van der Waals surface area contributed by atoms with Gasteiger partial charge in [-0.15, -0.1) is 0 Å². The lowest BCUT2D eigenvalue weighted by Gasteiger charge is -2.20. The number of benzene rings is 1. The Morgan fingerprint density at radius 3 is 2.41 bits per heavy atom. The van der Waals surface area contributed by atoms with Crippen molar-refractivity contribution in [2.75, 3.05) is 17.9 Å². The molecule has 0 saturated heterocycles. The van der Waals surface area contributed by atoms with Gasteiger partial charge in [0, 0.05) is 12.1 Å². The van der Waals surface area contributed by atoms with E-state index in [1.807, 2.05) is 0 Å². The first kappa shape index (κ1) is 15.0. The maximum Gasteiger partial charge on any atom is 0.267 e. The van der Waals surface area contributed by atoms with Gasteiger partial charge in [-0.05, 0) is 13.8 Å². The summed E-state index contributed by atoms with van der Waals surface area (Å²) in [4.78, 5) is -0.00143. The molecule has 2 aromatic rings. The second kappa shape index (κ2) is 5.36. The van der Waals surface area contributed by atoms with Crippen LogP contribution in [-0.2, 0) is 10.0 Å². The number of hydrogen-bond donors (Lipinski definition) is 1. The van der Waals surface area contributed by atoms with Gasteiger partial charge in [-0.3, -0.25) is 4.72 Å². The topological polar surface area (TPSA) is 90.7 Å². The zero-order valence-corrected chi connectivity index (χ0v) is 13.4. The number of nitrogens with zero attached hydrogens (tertiary/aromatic N) is 1. The van der Waals surface area contributed by atoms with E-state index in [1.54, 1.807) is 6.92 Å². The van der Waals surface area contributed by atoms with E-state index in [1.165, 1.54) is 19.1 Å². The van der Waals surface area contributed by atoms with Crippen molar-refractivity contribution in [2.45, 2.75) is 18.7 Å². The molecule has 0 aliphatic carbocycles. The molecule has 0 spiro atoms. The highest BCUT2D eigenvalue weighted by Gasteiger charge is 2.26. The molecule has 0 saturated carbocycles. The van der Waals surface area contributed by atoms with Crippen molar-refractivity contribution in [1.29, 1.82) is 0 Å². The summed E-state index contributed by atoms with van der Waals surface area (Å²) in [5, 5.41) is 3.85. The summed E-state index contributed by atoms with van der Waals surface area (Å²) in [7, 11) is -3.87. The largest absolute Gasteiger partial charge is 0.486 e. The van der Waals surface area contributed by atoms with Crippen LogP contribution in [-0.4, -0.2) is 26.8 Å². The van der Waals surface area contributed by atoms with Crippen molar-refractivity contribution in [3.05, 3.63) is 28.6 Å². The van der Waals surface area contributed by atoms with E-state index in [9.17, 15) is 8.42 Å². The molecule has 0 unspecified atom stereocenters. The zero-order chi connectivity index (χ0) is 15.9. The van der Waals surface area contributed by atoms with Crippen LogP contribution in [0.2, 0.25) is 5.02 Å². The van der Waals surface area contributed by atoms with Gasteiger partial charge in [0.15, 0.2) is 22.2 Å². The molecule has 0 atom stereocenters. The molecule has 9 heteroatoms. The number of rotatable bonds is 3. The Morgan fingerprint density at radius 1 is 1.18 bits per heavy atom. The summed E-state index contributed by atoms with van der Waals surface area (Å²) in [6, 6.07) is 3.01. The molecule has 0 radical (unpaired) electrons. The van der Waals surface area contributed by atoms with E-state index < -0.39 is 10.0 Å². The normalized spacial score (nSPS) is 14.0. The van der Waals surface area contributed by atoms with Gasteiger partial charge in [0.1, 0.15) is 18.9 Å². The Kier molecular flexibility index (Phi) is 3.65. The molecular formula is C13H13ClN2O5S. The van der Waals surface area contributed by atoms with Crippen LogP contribution >= 0.6 is 11.6 Å². The first-order valence-electron chi connectivity index (χ1n) is 6.43. The van der Waals surface area contributed by atoms with Gasteiger partial charge in [-0.25, -0.2) is 8.42 Å². The molecule has 1 aromatic heterocycles. The van der Waals surface area contributed by atoms with Crippen molar-refractivity contribution in [2.24, 2.45) is 0 Å². The fraction of sp³-hybridized carbons (Fsp3) is 0.308. The number of sulfonamides is 1. The molecule has 1 aromatic carbocycles. The molecular weight excluding hydrogens is 332 g/mol. The van der Waals surface area contributed by atoms with Crippen LogP contribution in [0.4, 0.5) is 5.69 Å². The lowest BCUT2D eigenvalue weighted by atomic mass is 10.2. The average molecular weight is 345 g/mol. The quantitative estimate of drug-likeness (QED) is 0.920. The van der Waals surface area contributed by atoms with Crippen LogP contribution < -0.4 is 14.2 Å². The van der Waals surface area contributed by atoms with Crippen LogP contribution in [0.1, 0.15) is 11.5 Å². The van der Waals surface area contributed by atoms with Crippen LogP contribution in [0.25, 0.3) is 0 Å². The number of aromatic nitrogens is 1. The maximum absolute atomic E-state index is 12.5. The molecule has 0 amide bonds. The fourth-order valence-electron chi connectivity index (χ4n) is 2.20. The number of nitrogens with one attached hydrogen (secondary N) is 1. The fourth-order valence-corrected chi connectivity index (χ4v) is 3.86. The highest BCUT2D eigenvalue weighted by molar-refractivity contribution is 7.92. The summed E-state index contributed by atoms with van der Waals surface area (Å²) in [6.07, 6.45) is 0. The van der Waals surface area contributed by atoms with Crippen molar-refractivity contribution >= 4 is 27.3 Å². The minimum Gasteiger partial charge on any atom is -0.486 e. The smallest absolute Gasteiger partial charge is 0.267 e. The Balaban J connectivity index is 1.99. The van der Waals surface area contributed by atoms with Crippen LogP contribution in [0.3, 0.4) is 0 Å². The molecule has 22 heavy (non-hydrogen) atoms. The Labute approximate surface area is 132 Å². The van der Waals surface area contributed by atoms with Gasteiger partial charge in [-0.2, -0.15) is 0 Å². The number of hydrogen-bond acceptors (Lipinski definition) is 6. The van der Waals surface area contributed by atoms with E-state index in [0.29, 0.717) is 24.7 Å². The summed E-state index contributed by atoms with van der Waals surface area (Å²) < 4.78 is 43.1. The number of halogens is 1. The van der Waals surface area contributed by atoms with Crippen LogP contribution in [0.15, 0.2) is 21.6 Å². The van der Waals surface area contributed by atoms with Crippen molar-refractivity contribution in [3.63, 3.8) is 0 Å². The summed E-state index contributed by atoms with van der Waals surface area (Å²) in [5.74, 6) is 1.13. The molecule has 2 heterocycles. The van der Waals surface area contributed by atoms with Crippen molar-refractivity contribution in [1.82, 2.24) is 5.16 Å². The van der Waals surface area contributed by atoms with E-state index in [0.717, 1.165) is 0 Å². The molecule has 0 fully saturated rings. The Morgan fingerprint density at radius 2 is 1.82 bits per heavy atom. The van der Waals surface area contributed by atoms with Crippen LogP contribution in [0.5, 0.6) is 11.5 Å². The number of aryl methyl sites for hydroxylation is 2. The minimum atomic E-state index is -3.87. The number of anilines is 1. The average Bonchev–Trinajstić information content (AvgIpc) is 2.79. The molecule has 1 aliphatic rings. The van der Waals surface area contributed by atoms with Gasteiger partial charge >= 0.3 is 0 Å². The van der Waals surface area contributed by atoms with E-state index in [2.05, 4.69) is 9.88 Å². The van der Waals surface area contributed by atoms with Gasteiger partial charge in [-0.1, -0.05) is 16.8 Å². The molecule has 118 valence electrons. The lowest BCUT2D eigenvalue weighted by molar-refractivity contribution is 0.171. The first-order valence-corrected chi connectivity index (χ1v) is 8.29. The SMILES string of the molecule is Cc1noc(C)c1S(=O)(=O)Nc1cc2c(cc1Cl)OCCO2. The lowest BCUT2D eigenvalue weighted by Crippen LogP contribution is -2.17. The van der Waals surface area contributed by atoms with E-state index >= 15 is 0 Å². The third-order valence-electron chi connectivity index (χ3n) is 3.11. The highest BCUT2D eigenvalue weighted by Crippen LogP contribution is 2.39. The molecule has 3 rings (SSSR count). The molecule has 0 bridgehead atoms. The second-order valence-electron chi connectivity index (χ2n) is 4.73. The monoisotopic (exact) mass is 344 g/mol. The zero-order valence-electron chi connectivity index (χ0n) is 11.8. The standard InChI is InChI=1S/C13H13ClN2O5S/c1-7-13(8(2)21-15-7)22(17,18)16-10-6-12-11(5-9(10)14)19-3-4-20-12/h5-6,16H,3-4H2,1-2H3. The van der Waals surface area contributed by atoms with Gasteiger partial charge < -0.3 is 14.0 Å². The maximum atomic E-state index is 12.5. The van der Waals surface area contributed by atoms with Crippen molar-refractivity contribution < 1.29 is 22.4 Å². The predicted molar refractivity (Wildman–Crippen MR) is 79.2 cm³/mol. The second-order valence-corrected chi connectivity index (χ2v) is 6.76. The third-order valence-corrected chi connectivity index (χ3v) is 5.03. The third kappa shape index (κ3) is 2.59. The molecule has 1 N–H and O–H groups in total.